The van der Waals surface area contributed by atoms with Crippen molar-refractivity contribution in [3.8, 4) is 0 Å². The molecule has 3 heterocycles. The van der Waals surface area contributed by atoms with Gasteiger partial charge in [0.15, 0.2) is 0 Å². The number of hydrogen-bond donors (Lipinski definition) is 1. The van der Waals surface area contributed by atoms with Crippen LogP contribution in [0.3, 0.4) is 0 Å². The van der Waals surface area contributed by atoms with Gasteiger partial charge in [-0.2, -0.15) is 0 Å². The minimum absolute atomic E-state index is 0.0720. The molecule has 2 aromatic rings. The second-order valence-electron chi connectivity index (χ2n) is 7.20. The highest BCUT2D eigenvalue weighted by atomic mass is 35.5. The molecule has 6 heteroatoms. The lowest BCUT2D eigenvalue weighted by Gasteiger charge is -2.46. The van der Waals surface area contributed by atoms with Gasteiger partial charge in [-0.05, 0) is 30.2 Å². The predicted molar refractivity (Wildman–Crippen MR) is 99.4 cm³/mol. The molecular weight excluding hydrogens is 352 g/mol. The Hall–Kier alpha value is -2.11. The van der Waals surface area contributed by atoms with Crippen LogP contribution in [0, 0.1) is 5.92 Å². The fraction of sp³-hybridized carbons (Fsp3) is 0.400. The molecule has 136 valence electrons. The van der Waals surface area contributed by atoms with E-state index in [-0.39, 0.29) is 36.0 Å². The lowest BCUT2D eigenvalue weighted by atomic mass is 9.78. The molecule has 1 aromatic heterocycles. The first kappa shape index (κ1) is 17.3. The summed E-state index contributed by atoms with van der Waals surface area (Å²) in [4.78, 5) is 27.0. The van der Waals surface area contributed by atoms with Crippen molar-refractivity contribution in [2.45, 2.75) is 24.8 Å². The smallest absolute Gasteiger partial charge is 0.251 e. The second-order valence-corrected chi connectivity index (χ2v) is 7.64. The van der Waals surface area contributed by atoms with Crippen LogP contribution >= 0.6 is 11.6 Å². The fourth-order valence-corrected chi connectivity index (χ4v) is 4.50. The lowest BCUT2D eigenvalue weighted by molar-refractivity contribution is -0.133. The van der Waals surface area contributed by atoms with Gasteiger partial charge in [0.1, 0.15) is 0 Å². The molecule has 3 atom stereocenters. The molecule has 0 unspecified atom stereocenters. The summed E-state index contributed by atoms with van der Waals surface area (Å²) in [5.41, 5.74) is 1.79. The van der Waals surface area contributed by atoms with Crippen LogP contribution in [0.25, 0.3) is 0 Å². The summed E-state index contributed by atoms with van der Waals surface area (Å²) in [6.45, 7) is 1.10. The van der Waals surface area contributed by atoms with Crippen LogP contribution in [0.2, 0.25) is 5.02 Å². The van der Waals surface area contributed by atoms with Crippen LogP contribution in [0.4, 0.5) is 0 Å². The average Bonchev–Trinajstić information content (AvgIpc) is 2.64. The third-order valence-electron chi connectivity index (χ3n) is 5.61. The number of hydrogen-bond acceptors (Lipinski definition) is 3. The van der Waals surface area contributed by atoms with Gasteiger partial charge in [-0.1, -0.05) is 29.8 Å². The quantitative estimate of drug-likeness (QED) is 0.898. The van der Waals surface area contributed by atoms with E-state index in [1.54, 1.807) is 22.8 Å². The number of nitrogens with zero attached hydrogens (tertiary/aromatic N) is 2. The van der Waals surface area contributed by atoms with Crippen molar-refractivity contribution >= 4 is 17.5 Å². The molecule has 2 bridgehead atoms. The number of likely N-dealkylation sites (tertiary alicyclic amines) is 1. The van der Waals surface area contributed by atoms with Gasteiger partial charge < -0.3 is 14.6 Å². The number of rotatable bonds is 3. The molecule has 2 aliphatic heterocycles. The largest absolute Gasteiger partial charge is 0.394 e. The Balaban J connectivity index is 1.58. The van der Waals surface area contributed by atoms with E-state index >= 15 is 0 Å². The molecule has 0 spiro atoms. The van der Waals surface area contributed by atoms with Gasteiger partial charge in [0.2, 0.25) is 5.91 Å². The van der Waals surface area contributed by atoms with Crippen molar-refractivity contribution < 1.29 is 9.90 Å². The Morgan fingerprint density at radius 2 is 1.92 bits per heavy atom. The van der Waals surface area contributed by atoms with Crippen molar-refractivity contribution in [3.63, 3.8) is 0 Å². The summed E-state index contributed by atoms with van der Waals surface area (Å²) < 4.78 is 1.74. The molecule has 1 N–H and O–H groups in total. The van der Waals surface area contributed by atoms with Gasteiger partial charge in [-0.3, -0.25) is 9.59 Å². The fourth-order valence-electron chi connectivity index (χ4n) is 4.37. The lowest BCUT2D eigenvalue weighted by Crippen LogP contribution is -2.52. The summed E-state index contributed by atoms with van der Waals surface area (Å²) >= 11 is 5.91. The minimum Gasteiger partial charge on any atom is -0.394 e. The highest BCUT2D eigenvalue weighted by Gasteiger charge is 2.41. The first-order valence-electron chi connectivity index (χ1n) is 8.91. The normalized spacial score (nSPS) is 24.2. The Morgan fingerprint density at radius 3 is 2.65 bits per heavy atom. The molecule has 1 saturated heterocycles. The topological polar surface area (TPSA) is 62.5 Å². The Kier molecular flexibility index (Phi) is 4.59. The first-order chi connectivity index (χ1) is 12.6. The molecule has 1 aromatic carbocycles. The van der Waals surface area contributed by atoms with Crippen LogP contribution in [0.15, 0.2) is 47.3 Å². The molecule has 5 nitrogen and oxygen atoms in total. The SMILES string of the molecule is O=C(Cc1ccc(Cl)cc1)N1C[C@H]2C[C@@H](C1)[C@H](CO)n1c2cccc1=O. The molecule has 0 saturated carbocycles. The van der Waals surface area contributed by atoms with E-state index in [4.69, 9.17) is 11.6 Å². The Bertz CT molecular complexity index is 877. The Morgan fingerprint density at radius 1 is 1.15 bits per heavy atom. The van der Waals surface area contributed by atoms with Gasteiger partial charge in [0, 0.05) is 41.7 Å². The maximum Gasteiger partial charge on any atom is 0.251 e. The predicted octanol–water partition coefficient (Wildman–Crippen LogP) is 2.22. The van der Waals surface area contributed by atoms with Crippen LogP contribution < -0.4 is 5.56 Å². The van der Waals surface area contributed by atoms with E-state index in [1.807, 2.05) is 23.1 Å². The van der Waals surface area contributed by atoms with Crippen molar-refractivity contribution in [3.05, 3.63) is 69.1 Å². The molecule has 1 fully saturated rings. The van der Waals surface area contributed by atoms with Gasteiger partial charge in [-0.25, -0.2) is 0 Å². The van der Waals surface area contributed by atoms with Crippen LogP contribution in [-0.2, 0) is 11.2 Å². The zero-order valence-corrected chi connectivity index (χ0v) is 15.1. The second kappa shape index (κ2) is 6.89. The number of pyridine rings is 1. The molecule has 2 aliphatic rings. The van der Waals surface area contributed by atoms with Gasteiger partial charge in [-0.15, -0.1) is 0 Å². The standard InChI is InChI=1S/C20H21ClN2O3/c21-16-6-4-13(5-7-16)8-20(26)22-10-14-9-15(11-22)18(12-24)23-17(14)2-1-3-19(23)25/h1-7,14-15,18,24H,8-12H2/t14-,15+,18+/m1/s1. The summed E-state index contributed by atoms with van der Waals surface area (Å²) in [6, 6.07) is 12.3. The highest BCUT2D eigenvalue weighted by molar-refractivity contribution is 6.30. The molecule has 0 radical (unpaired) electrons. The average molecular weight is 373 g/mol. The van der Waals surface area contributed by atoms with Crippen LogP contribution in [0.5, 0.6) is 0 Å². The number of benzene rings is 1. The van der Waals surface area contributed by atoms with E-state index in [0.29, 0.717) is 24.5 Å². The van der Waals surface area contributed by atoms with Gasteiger partial charge >= 0.3 is 0 Å². The third-order valence-corrected chi connectivity index (χ3v) is 5.86. The van der Waals surface area contributed by atoms with E-state index in [1.165, 1.54) is 6.07 Å². The van der Waals surface area contributed by atoms with Crippen molar-refractivity contribution in [2.24, 2.45) is 5.92 Å². The minimum atomic E-state index is -0.263. The molecular formula is C20H21ClN2O3. The molecule has 4 rings (SSSR count). The maximum absolute atomic E-state index is 12.8. The van der Waals surface area contributed by atoms with Gasteiger partial charge in [0.25, 0.3) is 5.56 Å². The van der Waals surface area contributed by atoms with Crippen molar-refractivity contribution in [2.75, 3.05) is 19.7 Å². The van der Waals surface area contributed by atoms with Gasteiger partial charge in [0.05, 0.1) is 19.1 Å². The number of carbonyl (C=O) groups excluding carboxylic acids is 1. The summed E-state index contributed by atoms with van der Waals surface area (Å²) in [7, 11) is 0. The molecule has 1 amide bonds. The summed E-state index contributed by atoms with van der Waals surface area (Å²) in [6.07, 6.45) is 1.24. The first-order valence-corrected chi connectivity index (χ1v) is 9.29. The zero-order chi connectivity index (χ0) is 18.3. The van der Waals surface area contributed by atoms with E-state index in [0.717, 1.165) is 17.7 Å². The van der Waals surface area contributed by atoms with E-state index in [2.05, 4.69) is 0 Å². The highest BCUT2D eigenvalue weighted by Crippen LogP contribution is 2.40. The third kappa shape index (κ3) is 3.06. The Labute approximate surface area is 156 Å². The maximum atomic E-state index is 12.8. The summed E-state index contributed by atoms with van der Waals surface area (Å²) in [5, 5.41) is 10.5. The van der Waals surface area contributed by atoms with Crippen molar-refractivity contribution in [1.82, 2.24) is 9.47 Å². The number of aromatic nitrogens is 1. The number of halogens is 1. The zero-order valence-electron chi connectivity index (χ0n) is 14.3. The van der Waals surface area contributed by atoms with E-state index < -0.39 is 0 Å². The molecule has 26 heavy (non-hydrogen) atoms. The van der Waals surface area contributed by atoms with Crippen LogP contribution in [-0.4, -0.2) is 40.2 Å². The summed E-state index contributed by atoms with van der Waals surface area (Å²) in [5.74, 6) is 0.311. The number of carbonyl (C=O) groups is 1. The number of aliphatic hydroxyl groups is 1. The number of fused-ring (bicyclic) bond motifs is 4. The van der Waals surface area contributed by atoms with E-state index in [9.17, 15) is 14.7 Å². The van der Waals surface area contributed by atoms with Crippen molar-refractivity contribution in [1.29, 1.82) is 0 Å². The number of piperidine rings is 1. The molecule has 0 aliphatic carbocycles. The number of aliphatic hydroxyl groups excluding tert-OH is 1. The monoisotopic (exact) mass is 372 g/mol. The number of amides is 1. The van der Waals surface area contributed by atoms with Crippen LogP contribution in [0.1, 0.15) is 29.6 Å².